The fourth-order valence-corrected chi connectivity index (χ4v) is 2.48. The number of hydrogen-bond acceptors (Lipinski definition) is 5. The van der Waals surface area contributed by atoms with Gasteiger partial charge in [-0.05, 0) is 29.2 Å². The smallest absolute Gasteiger partial charge is 0.374 e. The van der Waals surface area contributed by atoms with E-state index in [0.717, 1.165) is 22.3 Å². The van der Waals surface area contributed by atoms with E-state index < -0.39 is 11.8 Å². The lowest BCUT2D eigenvalue weighted by molar-refractivity contribution is -0.152. The third-order valence-corrected chi connectivity index (χ3v) is 4.12. The molecule has 0 heterocycles. The lowest BCUT2D eigenvalue weighted by Gasteiger charge is -2.07. The topological polar surface area (TPSA) is 69.7 Å². The van der Waals surface area contributed by atoms with Crippen molar-refractivity contribution in [3.8, 4) is 11.1 Å². The van der Waals surface area contributed by atoms with Crippen molar-refractivity contribution in [3.63, 3.8) is 0 Å². The number of ketones is 1. The Hall–Kier alpha value is -3.21. The number of hydrogen-bond donors (Lipinski definition) is 0. The van der Waals surface area contributed by atoms with Gasteiger partial charge in [0.1, 0.15) is 0 Å². The molecular weight excluding hydrogens is 356 g/mol. The molecule has 2 rings (SSSR count). The van der Waals surface area contributed by atoms with Gasteiger partial charge in [0, 0.05) is 25.3 Å². The van der Waals surface area contributed by atoms with E-state index in [1.54, 1.807) is 6.92 Å². The van der Waals surface area contributed by atoms with E-state index >= 15 is 0 Å². The molecule has 0 amide bonds. The average molecular weight is 380 g/mol. The first-order chi connectivity index (χ1) is 13.4. The summed E-state index contributed by atoms with van der Waals surface area (Å²) in [5, 5.41) is 0. The van der Waals surface area contributed by atoms with Crippen molar-refractivity contribution in [2.75, 3.05) is 13.2 Å². The summed E-state index contributed by atoms with van der Waals surface area (Å²) < 4.78 is 9.98. The molecule has 0 N–H and O–H groups in total. The molecule has 146 valence electrons. The molecule has 0 aliphatic rings. The molecule has 0 aromatic heterocycles. The highest BCUT2D eigenvalue weighted by molar-refractivity contribution is 6.32. The van der Waals surface area contributed by atoms with Gasteiger partial charge in [-0.15, -0.1) is 0 Å². The first-order valence-electron chi connectivity index (χ1n) is 9.05. The van der Waals surface area contributed by atoms with Crippen molar-refractivity contribution in [2.45, 2.75) is 26.7 Å². The predicted molar refractivity (Wildman–Crippen MR) is 107 cm³/mol. The van der Waals surface area contributed by atoms with E-state index in [1.165, 1.54) is 6.92 Å². The van der Waals surface area contributed by atoms with Gasteiger partial charge in [0.25, 0.3) is 0 Å². The number of esters is 2. The van der Waals surface area contributed by atoms with Crippen molar-refractivity contribution in [3.05, 3.63) is 71.8 Å². The highest BCUT2D eigenvalue weighted by Crippen LogP contribution is 2.21. The Balaban J connectivity index is 1.86. The van der Waals surface area contributed by atoms with Gasteiger partial charge < -0.3 is 9.47 Å². The van der Waals surface area contributed by atoms with Crippen LogP contribution in [0.4, 0.5) is 0 Å². The predicted octanol–water partition coefficient (Wildman–Crippen LogP) is 3.69. The zero-order valence-electron chi connectivity index (χ0n) is 16.2. The van der Waals surface area contributed by atoms with Crippen molar-refractivity contribution in [2.24, 2.45) is 0 Å². The summed E-state index contributed by atoms with van der Waals surface area (Å²) in [5.74, 6) is -1.76. The molecule has 0 spiro atoms. The van der Waals surface area contributed by atoms with Gasteiger partial charge in [-0.1, -0.05) is 55.1 Å². The van der Waals surface area contributed by atoms with E-state index in [2.05, 4.69) is 6.58 Å². The van der Waals surface area contributed by atoms with Gasteiger partial charge in [-0.3, -0.25) is 4.79 Å². The largest absolute Gasteiger partial charge is 0.462 e. The minimum atomic E-state index is -0.800. The number of carbonyl (C=O) groups is 3. The van der Waals surface area contributed by atoms with Gasteiger partial charge in [0.15, 0.2) is 0 Å². The molecule has 0 atom stereocenters. The molecule has 28 heavy (non-hydrogen) atoms. The Morgan fingerprint density at radius 3 is 1.46 bits per heavy atom. The standard InChI is InChI=1S/C23H24O5/c1-16(2)22(25)27-14-12-18-4-8-20(9-5-18)21-10-6-19(7-11-21)13-15-28-23(26)17(3)24/h4-11H,1,12-15H2,2-3H3. The molecule has 0 fully saturated rings. The molecule has 2 aromatic carbocycles. The lowest BCUT2D eigenvalue weighted by atomic mass is 10.0. The Morgan fingerprint density at radius 2 is 1.11 bits per heavy atom. The molecule has 5 heteroatoms. The second-order valence-corrected chi connectivity index (χ2v) is 6.50. The number of Topliss-reactive ketones (excluding diaryl/α,β-unsaturated/α-hetero) is 1. The van der Waals surface area contributed by atoms with E-state index in [9.17, 15) is 14.4 Å². The van der Waals surface area contributed by atoms with Crippen LogP contribution < -0.4 is 0 Å². The van der Waals surface area contributed by atoms with Crippen LogP contribution in [0.3, 0.4) is 0 Å². The SMILES string of the molecule is C=C(C)C(=O)OCCc1ccc(-c2ccc(CCOC(=O)C(C)=O)cc2)cc1. The molecule has 0 bridgehead atoms. The van der Waals surface area contributed by atoms with Gasteiger partial charge in [0.05, 0.1) is 13.2 Å². The number of ether oxygens (including phenoxy) is 2. The third-order valence-electron chi connectivity index (χ3n) is 4.12. The van der Waals surface area contributed by atoms with Crippen LogP contribution in [0.15, 0.2) is 60.7 Å². The van der Waals surface area contributed by atoms with E-state index in [1.807, 2.05) is 48.5 Å². The van der Waals surface area contributed by atoms with Crippen molar-refractivity contribution < 1.29 is 23.9 Å². The maximum atomic E-state index is 11.4. The molecule has 0 radical (unpaired) electrons. The fraction of sp³-hybridized carbons (Fsp3) is 0.261. The van der Waals surface area contributed by atoms with E-state index in [4.69, 9.17) is 9.47 Å². The molecule has 2 aromatic rings. The zero-order chi connectivity index (χ0) is 20.5. The summed E-state index contributed by atoms with van der Waals surface area (Å²) >= 11 is 0. The maximum absolute atomic E-state index is 11.4. The van der Waals surface area contributed by atoms with Gasteiger partial charge in [-0.25, -0.2) is 9.59 Å². The third kappa shape index (κ3) is 6.50. The summed E-state index contributed by atoms with van der Waals surface area (Å²) in [4.78, 5) is 33.3. The summed E-state index contributed by atoms with van der Waals surface area (Å²) in [7, 11) is 0. The summed E-state index contributed by atoms with van der Waals surface area (Å²) in [6.07, 6.45) is 1.21. The average Bonchev–Trinajstić information content (AvgIpc) is 2.68. The van der Waals surface area contributed by atoms with Crippen LogP contribution in [0.25, 0.3) is 11.1 Å². The second-order valence-electron chi connectivity index (χ2n) is 6.50. The molecule has 0 unspecified atom stereocenters. The maximum Gasteiger partial charge on any atom is 0.374 e. The highest BCUT2D eigenvalue weighted by atomic mass is 16.5. The monoisotopic (exact) mass is 380 g/mol. The Morgan fingerprint density at radius 1 is 0.714 bits per heavy atom. The molecule has 5 nitrogen and oxygen atoms in total. The van der Waals surface area contributed by atoms with Gasteiger partial charge >= 0.3 is 11.9 Å². The first kappa shape index (κ1) is 21.1. The second kappa shape index (κ2) is 10.2. The highest BCUT2D eigenvalue weighted by Gasteiger charge is 2.08. The quantitative estimate of drug-likeness (QED) is 0.377. The van der Waals surface area contributed by atoms with Crippen molar-refractivity contribution in [1.29, 1.82) is 0 Å². The van der Waals surface area contributed by atoms with Crippen LogP contribution in [-0.4, -0.2) is 30.9 Å². The zero-order valence-corrected chi connectivity index (χ0v) is 16.2. The van der Waals surface area contributed by atoms with Crippen LogP contribution in [0.2, 0.25) is 0 Å². The van der Waals surface area contributed by atoms with E-state index in [-0.39, 0.29) is 12.6 Å². The number of carbonyl (C=O) groups excluding carboxylic acids is 3. The Kier molecular flexibility index (Phi) is 7.69. The van der Waals surface area contributed by atoms with Gasteiger partial charge in [0.2, 0.25) is 5.78 Å². The van der Waals surface area contributed by atoms with Crippen LogP contribution in [-0.2, 0) is 36.7 Å². The van der Waals surface area contributed by atoms with Gasteiger partial charge in [-0.2, -0.15) is 0 Å². The van der Waals surface area contributed by atoms with Crippen molar-refractivity contribution >= 4 is 17.7 Å². The first-order valence-corrected chi connectivity index (χ1v) is 9.05. The Bertz CT molecular complexity index is 774. The van der Waals surface area contributed by atoms with Crippen LogP contribution in [0.1, 0.15) is 25.0 Å². The van der Waals surface area contributed by atoms with Crippen LogP contribution >= 0.6 is 0 Å². The molecular formula is C23H24O5. The Labute approximate surface area is 165 Å². The minimum absolute atomic E-state index is 0.183. The normalized spacial score (nSPS) is 10.2. The lowest BCUT2D eigenvalue weighted by Crippen LogP contribution is -2.15. The van der Waals surface area contributed by atoms with Crippen LogP contribution in [0, 0.1) is 0 Å². The molecule has 0 aliphatic heterocycles. The molecule has 0 saturated heterocycles. The summed E-state index contributed by atoms with van der Waals surface area (Å²) in [6, 6.07) is 16.0. The molecule has 0 aliphatic carbocycles. The summed E-state index contributed by atoms with van der Waals surface area (Å²) in [5.41, 5.74) is 4.66. The molecule has 0 saturated carbocycles. The number of rotatable bonds is 9. The van der Waals surface area contributed by atoms with Crippen LogP contribution in [0.5, 0.6) is 0 Å². The summed E-state index contributed by atoms with van der Waals surface area (Å²) in [6.45, 7) is 6.88. The fourth-order valence-electron chi connectivity index (χ4n) is 2.48. The van der Waals surface area contributed by atoms with E-state index in [0.29, 0.717) is 25.0 Å². The van der Waals surface area contributed by atoms with Crippen molar-refractivity contribution in [1.82, 2.24) is 0 Å². The number of benzene rings is 2. The minimum Gasteiger partial charge on any atom is -0.462 e.